The molecule has 0 saturated heterocycles. The van der Waals surface area contributed by atoms with E-state index in [2.05, 4.69) is 5.32 Å². The van der Waals surface area contributed by atoms with E-state index in [1.165, 1.54) is 12.1 Å². The Balaban J connectivity index is 1.58. The van der Waals surface area contributed by atoms with Crippen LogP contribution in [0, 0.1) is 5.82 Å². The number of nitrogens with one attached hydrogen (secondary N) is 1. The fourth-order valence-electron chi connectivity index (χ4n) is 2.63. The monoisotopic (exact) mass is 331 g/mol. The van der Waals surface area contributed by atoms with E-state index < -0.39 is 17.3 Å². The molecular formula is C18H18FNO4. The summed E-state index contributed by atoms with van der Waals surface area (Å²) in [6.45, 7) is 0.0805. The molecule has 24 heavy (non-hydrogen) atoms. The topological polar surface area (TPSA) is 67.8 Å². The van der Waals surface area contributed by atoms with E-state index in [0.717, 1.165) is 0 Å². The number of hydrogen-bond donors (Lipinski definition) is 2. The molecule has 5 nitrogen and oxygen atoms in total. The number of rotatable bonds is 5. The second kappa shape index (κ2) is 6.88. The molecule has 0 bridgehead atoms. The number of carbonyl (C=O) groups is 1. The third-order valence-electron chi connectivity index (χ3n) is 3.94. The molecule has 1 aliphatic rings. The van der Waals surface area contributed by atoms with E-state index >= 15 is 0 Å². The number of halogens is 1. The Morgan fingerprint density at radius 1 is 1.25 bits per heavy atom. The minimum absolute atomic E-state index is 0.0165. The summed E-state index contributed by atoms with van der Waals surface area (Å²) in [5, 5.41) is 13.4. The van der Waals surface area contributed by atoms with Gasteiger partial charge in [0.25, 0.3) is 5.91 Å². The molecule has 0 aromatic heterocycles. The third kappa shape index (κ3) is 3.49. The van der Waals surface area contributed by atoms with Crippen LogP contribution >= 0.6 is 0 Å². The standard InChI is InChI=1S/C18H18FNO4/c19-14-6-2-4-8-16(14)24-11-17(21)20-12-18(22)9-10-23-15-7-3-1-5-13(15)18/h1-8,22H,9-12H2,(H,20,21)/t18-/m0/s1. The zero-order valence-corrected chi connectivity index (χ0v) is 13.0. The first-order chi connectivity index (χ1) is 11.6. The SMILES string of the molecule is O=C(COc1ccccc1F)NC[C@@]1(O)CCOc2ccccc21. The van der Waals surface area contributed by atoms with Crippen LogP contribution in [0.3, 0.4) is 0 Å². The van der Waals surface area contributed by atoms with Crippen molar-refractivity contribution in [1.29, 1.82) is 0 Å². The Hall–Kier alpha value is -2.60. The van der Waals surface area contributed by atoms with Gasteiger partial charge in [0.1, 0.15) is 11.4 Å². The van der Waals surface area contributed by atoms with Crippen molar-refractivity contribution in [3.8, 4) is 11.5 Å². The number of ether oxygens (including phenoxy) is 2. The van der Waals surface area contributed by atoms with Gasteiger partial charge < -0.3 is 19.9 Å². The van der Waals surface area contributed by atoms with E-state index in [1.54, 1.807) is 24.3 Å². The fourth-order valence-corrected chi connectivity index (χ4v) is 2.63. The summed E-state index contributed by atoms with van der Waals surface area (Å²) < 4.78 is 24.1. The lowest BCUT2D eigenvalue weighted by atomic mass is 9.88. The number of para-hydroxylation sites is 2. The second-order valence-corrected chi connectivity index (χ2v) is 5.62. The molecule has 2 N–H and O–H groups in total. The lowest BCUT2D eigenvalue weighted by Gasteiger charge is -2.34. The summed E-state index contributed by atoms with van der Waals surface area (Å²) in [5.74, 6) is -0.330. The molecule has 0 saturated carbocycles. The van der Waals surface area contributed by atoms with Crippen LogP contribution in [0.1, 0.15) is 12.0 Å². The van der Waals surface area contributed by atoms with Crippen LogP contribution in [-0.4, -0.2) is 30.8 Å². The Kier molecular flexibility index (Phi) is 4.66. The van der Waals surface area contributed by atoms with Gasteiger partial charge in [-0.15, -0.1) is 0 Å². The molecule has 1 aliphatic heterocycles. The molecule has 6 heteroatoms. The predicted octanol–water partition coefficient (Wildman–Crippen LogP) is 1.99. The highest BCUT2D eigenvalue weighted by molar-refractivity contribution is 5.77. The summed E-state index contributed by atoms with van der Waals surface area (Å²) in [5.41, 5.74) is -0.547. The molecule has 3 rings (SSSR count). The first-order valence-electron chi connectivity index (χ1n) is 7.67. The molecule has 1 amide bonds. The highest BCUT2D eigenvalue weighted by Crippen LogP contribution is 2.36. The van der Waals surface area contributed by atoms with Crippen molar-refractivity contribution in [2.24, 2.45) is 0 Å². The van der Waals surface area contributed by atoms with Crippen molar-refractivity contribution >= 4 is 5.91 Å². The normalized spacial score (nSPS) is 19.1. The highest BCUT2D eigenvalue weighted by atomic mass is 19.1. The van der Waals surface area contributed by atoms with Crippen LogP contribution in [0.5, 0.6) is 11.5 Å². The molecule has 1 atom stereocenters. The zero-order chi connectivity index (χ0) is 17.0. The van der Waals surface area contributed by atoms with Crippen molar-refractivity contribution < 1.29 is 23.8 Å². The van der Waals surface area contributed by atoms with Gasteiger partial charge in [-0.3, -0.25) is 4.79 Å². The number of amides is 1. The van der Waals surface area contributed by atoms with Crippen LogP contribution in [-0.2, 0) is 10.4 Å². The van der Waals surface area contributed by atoms with E-state index in [4.69, 9.17) is 9.47 Å². The van der Waals surface area contributed by atoms with E-state index in [9.17, 15) is 14.3 Å². The van der Waals surface area contributed by atoms with Crippen molar-refractivity contribution in [3.05, 3.63) is 59.9 Å². The Morgan fingerprint density at radius 3 is 2.83 bits per heavy atom. The molecule has 1 heterocycles. The summed E-state index contributed by atoms with van der Waals surface area (Å²) in [4.78, 5) is 11.9. The maximum atomic E-state index is 13.4. The first kappa shape index (κ1) is 16.3. The summed E-state index contributed by atoms with van der Waals surface area (Å²) in [6, 6.07) is 13.1. The van der Waals surface area contributed by atoms with Gasteiger partial charge in [-0.2, -0.15) is 0 Å². The van der Waals surface area contributed by atoms with E-state index in [0.29, 0.717) is 24.3 Å². The van der Waals surface area contributed by atoms with Gasteiger partial charge in [0, 0.05) is 12.0 Å². The van der Waals surface area contributed by atoms with Gasteiger partial charge in [-0.25, -0.2) is 4.39 Å². The first-order valence-corrected chi connectivity index (χ1v) is 7.67. The van der Waals surface area contributed by atoms with Gasteiger partial charge in [0.15, 0.2) is 18.2 Å². The average molecular weight is 331 g/mol. The van der Waals surface area contributed by atoms with Crippen LogP contribution in [0.4, 0.5) is 4.39 Å². The predicted molar refractivity (Wildman–Crippen MR) is 85.4 cm³/mol. The third-order valence-corrected chi connectivity index (χ3v) is 3.94. The van der Waals surface area contributed by atoms with Crippen molar-refractivity contribution in [2.45, 2.75) is 12.0 Å². The zero-order valence-electron chi connectivity index (χ0n) is 13.0. The number of aliphatic hydroxyl groups is 1. The second-order valence-electron chi connectivity index (χ2n) is 5.62. The van der Waals surface area contributed by atoms with Crippen molar-refractivity contribution in [2.75, 3.05) is 19.8 Å². The van der Waals surface area contributed by atoms with E-state index in [-0.39, 0.29) is 18.9 Å². The minimum atomic E-state index is -1.19. The summed E-state index contributed by atoms with van der Waals surface area (Å²) in [6.07, 6.45) is 0.373. The largest absolute Gasteiger partial charge is 0.493 e. The van der Waals surface area contributed by atoms with Gasteiger partial charge in [-0.05, 0) is 18.2 Å². The maximum absolute atomic E-state index is 13.4. The van der Waals surface area contributed by atoms with E-state index in [1.807, 2.05) is 12.1 Å². The molecule has 0 spiro atoms. The molecule has 0 unspecified atom stereocenters. The molecule has 2 aromatic rings. The maximum Gasteiger partial charge on any atom is 0.258 e. The Morgan fingerprint density at radius 2 is 2.00 bits per heavy atom. The lowest BCUT2D eigenvalue weighted by molar-refractivity contribution is -0.124. The number of hydrogen-bond acceptors (Lipinski definition) is 4. The molecule has 0 fully saturated rings. The van der Waals surface area contributed by atoms with Gasteiger partial charge >= 0.3 is 0 Å². The highest BCUT2D eigenvalue weighted by Gasteiger charge is 2.35. The summed E-state index contributed by atoms with van der Waals surface area (Å²) >= 11 is 0. The number of benzene rings is 2. The van der Waals surface area contributed by atoms with Crippen LogP contribution < -0.4 is 14.8 Å². The van der Waals surface area contributed by atoms with Crippen LogP contribution in [0.15, 0.2) is 48.5 Å². The van der Waals surface area contributed by atoms with Crippen molar-refractivity contribution in [3.63, 3.8) is 0 Å². The fraction of sp³-hybridized carbons (Fsp3) is 0.278. The van der Waals surface area contributed by atoms with Crippen LogP contribution in [0.25, 0.3) is 0 Å². The Labute approximate surface area is 139 Å². The van der Waals surface area contributed by atoms with Gasteiger partial charge in [0.2, 0.25) is 0 Å². The van der Waals surface area contributed by atoms with Gasteiger partial charge in [-0.1, -0.05) is 30.3 Å². The molecule has 126 valence electrons. The smallest absolute Gasteiger partial charge is 0.258 e. The average Bonchev–Trinajstić information content (AvgIpc) is 2.60. The minimum Gasteiger partial charge on any atom is -0.493 e. The lowest BCUT2D eigenvalue weighted by Crippen LogP contribution is -2.45. The molecule has 0 aliphatic carbocycles. The van der Waals surface area contributed by atoms with Gasteiger partial charge in [0.05, 0.1) is 13.2 Å². The molecule has 2 aromatic carbocycles. The summed E-state index contributed by atoms with van der Waals surface area (Å²) in [7, 11) is 0. The molecular weight excluding hydrogens is 313 g/mol. The molecule has 0 radical (unpaired) electrons. The van der Waals surface area contributed by atoms with Crippen LogP contribution in [0.2, 0.25) is 0 Å². The quantitative estimate of drug-likeness (QED) is 0.879. The number of fused-ring (bicyclic) bond motifs is 1. The van der Waals surface area contributed by atoms with Crippen molar-refractivity contribution in [1.82, 2.24) is 5.32 Å². The number of carbonyl (C=O) groups excluding carboxylic acids is 1. The Bertz CT molecular complexity index is 736.